The van der Waals surface area contributed by atoms with Gasteiger partial charge in [0.25, 0.3) is 5.79 Å². The second-order valence-corrected chi connectivity index (χ2v) is 13.1. The Bertz CT molecular complexity index is 1190. The van der Waals surface area contributed by atoms with Gasteiger partial charge in [0.1, 0.15) is 91.6 Å². The van der Waals surface area contributed by atoms with Gasteiger partial charge in [-0.2, -0.15) is 0 Å². The number of aliphatic hydroxyl groups is 15. The van der Waals surface area contributed by atoms with Gasteiger partial charge in [0.2, 0.25) is 5.91 Å². The maximum Gasteiger partial charge on any atom is 0.364 e. The molecule has 0 aliphatic carbocycles. The van der Waals surface area contributed by atoms with E-state index >= 15 is 0 Å². The highest BCUT2D eigenvalue weighted by molar-refractivity contribution is 5.76. The molecule has 3 heterocycles. The Balaban J connectivity index is 1.86. The Morgan fingerprint density at radius 3 is 1.91 bits per heavy atom. The second-order valence-electron chi connectivity index (χ2n) is 13.1. The van der Waals surface area contributed by atoms with Gasteiger partial charge in [-0.15, -0.1) is 0 Å². The quantitative estimate of drug-likeness (QED) is 0.0612. The number of nitrogens with one attached hydrogen (secondary N) is 1. The summed E-state index contributed by atoms with van der Waals surface area (Å²) in [5.74, 6) is -5.62. The molecule has 3 saturated heterocycles. The van der Waals surface area contributed by atoms with E-state index in [0.29, 0.717) is 0 Å². The number of carbonyl (C=O) groups excluding carboxylic acids is 1. The summed E-state index contributed by atoms with van der Waals surface area (Å²) in [6.07, 6.45) is -37.2. The zero-order chi connectivity index (χ0) is 40.8. The van der Waals surface area contributed by atoms with Crippen LogP contribution in [0, 0.1) is 0 Å². The van der Waals surface area contributed by atoms with Crippen molar-refractivity contribution < 1.29 is 120 Å². The fourth-order valence-corrected chi connectivity index (χ4v) is 6.13. The lowest BCUT2D eigenvalue weighted by atomic mass is 9.88. The lowest BCUT2D eigenvalue weighted by Gasteiger charge is -2.48. The number of carbonyl (C=O) groups is 2. The average molecular weight is 798 g/mol. The van der Waals surface area contributed by atoms with E-state index < -0.39 is 173 Å². The number of hydrogen-bond donors (Lipinski definition) is 17. The molecule has 54 heavy (non-hydrogen) atoms. The van der Waals surface area contributed by atoms with Crippen molar-refractivity contribution >= 4 is 11.9 Å². The summed E-state index contributed by atoms with van der Waals surface area (Å²) >= 11 is 0. The molecule has 17 N–H and O–H groups in total. The van der Waals surface area contributed by atoms with Crippen molar-refractivity contribution in [3.63, 3.8) is 0 Å². The molecule has 20 atom stereocenters. The molecule has 0 spiro atoms. The van der Waals surface area contributed by atoms with Crippen LogP contribution >= 0.6 is 0 Å². The maximum absolute atomic E-state index is 12.5. The number of rotatable bonds is 18. The first-order valence-electron chi connectivity index (χ1n) is 16.6. The zero-order valence-electron chi connectivity index (χ0n) is 28.6. The van der Waals surface area contributed by atoms with Crippen molar-refractivity contribution in [2.24, 2.45) is 0 Å². The first-order chi connectivity index (χ1) is 25.3. The number of hydrogen-bond acceptors (Lipinski definition) is 23. The largest absolute Gasteiger partial charge is 0.477 e. The van der Waals surface area contributed by atoms with Gasteiger partial charge < -0.3 is 115 Å². The Morgan fingerprint density at radius 2 is 1.37 bits per heavy atom. The van der Waals surface area contributed by atoms with Crippen LogP contribution in [0.2, 0.25) is 0 Å². The molecule has 0 bridgehead atoms. The van der Waals surface area contributed by atoms with Gasteiger partial charge in [-0.25, -0.2) is 4.79 Å². The first-order valence-corrected chi connectivity index (χ1v) is 16.6. The van der Waals surface area contributed by atoms with Crippen LogP contribution in [-0.2, 0) is 38.0 Å². The third kappa shape index (κ3) is 10.3. The minimum absolute atomic E-state index is 0.761. The minimum Gasteiger partial charge on any atom is -0.477 e. The molecule has 1 amide bonds. The molecule has 0 radical (unpaired) electrons. The molecule has 3 aliphatic rings. The van der Waals surface area contributed by atoms with E-state index in [1.54, 1.807) is 0 Å². The van der Waals surface area contributed by atoms with Crippen molar-refractivity contribution in [1.82, 2.24) is 5.32 Å². The lowest BCUT2D eigenvalue weighted by molar-refractivity contribution is -0.374. The van der Waals surface area contributed by atoms with Gasteiger partial charge in [0.05, 0.1) is 45.2 Å². The standard InChI is InChI=1S/C29H51NO24/c1-8(35)30-15-9(36)2-29(28(47)48,54-24(15)17(41)11(38)4-32)49-7-14-18(42)20(44)21(45)26(51-14)53-25-19(43)13(6-34)50-27(22(25)46)52-23(12(39)5-33)16(40)10(37)3-31/h9-27,31-34,36-46H,2-7H2,1H3,(H,30,35)(H,47,48)/t9-,10-,11+,12+,13+,14+,15+,16+,17+,18-,19-,20-,21+,22+,23+,24+,25-,26-,27-,29+/m0/s1. The van der Waals surface area contributed by atoms with Crippen molar-refractivity contribution in [3.8, 4) is 0 Å². The maximum atomic E-state index is 12.5. The lowest BCUT2D eigenvalue weighted by Crippen LogP contribution is -2.68. The smallest absolute Gasteiger partial charge is 0.364 e. The van der Waals surface area contributed by atoms with Crippen LogP contribution < -0.4 is 5.32 Å². The summed E-state index contributed by atoms with van der Waals surface area (Å²) in [5.41, 5.74) is 0. The Hall–Kier alpha value is -1.90. The van der Waals surface area contributed by atoms with Gasteiger partial charge in [0.15, 0.2) is 12.6 Å². The second kappa shape index (κ2) is 20.0. The van der Waals surface area contributed by atoms with Gasteiger partial charge in [-0.3, -0.25) is 4.79 Å². The van der Waals surface area contributed by atoms with Crippen LogP contribution in [0.3, 0.4) is 0 Å². The van der Waals surface area contributed by atoms with E-state index in [1.807, 2.05) is 0 Å². The molecule has 3 rings (SSSR count). The SMILES string of the molecule is CC(=O)N[C@H]1[C@H]([C@H](O)[C@H](O)CO)O[C@@](OC[C@H]2O[C@@H](O[C@H]3[C@@H](O)[C@@H](CO)O[C@@H](O[C@@H]([C@H](O)[C@@H](O)CO)[C@H](O)CO)[C@@H]3O)[C@H](O)[C@@H](O)[C@H]2O)(C(=O)O)C[C@@H]1O. The molecule has 0 aromatic heterocycles. The van der Waals surface area contributed by atoms with Crippen molar-refractivity contribution in [2.45, 2.75) is 135 Å². The van der Waals surface area contributed by atoms with E-state index in [4.69, 9.17) is 28.4 Å². The topological polar surface area (TPSA) is 425 Å². The molecule has 316 valence electrons. The van der Waals surface area contributed by atoms with E-state index in [0.717, 1.165) is 6.92 Å². The third-order valence-electron chi connectivity index (χ3n) is 9.22. The number of aliphatic carboxylic acids is 1. The normalized spacial score (nSPS) is 40.9. The monoisotopic (exact) mass is 797 g/mol. The summed E-state index contributed by atoms with van der Waals surface area (Å²) in [7, 11) is 0. The molecule has 3 aliphatic heterocycles. The van der Waals surface area contributed by atoms with E-state index in [-0.39, 0.29) is 0 Å². The van der Waals surface area contributed by atoms with Crippen LogP contribution in [0.5, 0.6) is 0 Å². The summed E-state index contributed by atoms with van der Waals surface area (Å²) in [6, 6.07) is -1.54. The Kier molecular flexibility index (Phi) is 17.2. The van der Waals surface area contributed by atoms with Crippen molar-refractivity contribution in [3.05, 3.63) is 0 Å². The Labute approximate surface area is 305 Å². The van der Waals surface area contributed by atoms with Gasteiger partial charge in [-0.1, -0.05) is 0 Å². The van der Waals surface area contributed by atoms with Crippen LogP contribution in [-0.4, -0.2) is 249 Å². The third-order valence-corrected chi connectivity index (χ3v) is 9.22. The fraction of sp³-hybridized carbons (Fsp3) is 0.931. The van der Waals surface area contributed by atoms with Gasteiger partial charge >= 0.3 is 5.97 Å². The number of amides is 1. The average Bonchev–Trinajstić information content (AvgIpc) is 3.14. The highest BCUT2D eigenvalue weighted by Gasteiger charge is 2.57. The van der Waals surface area contributed by atoms with Crippen molar-refractivity contribution in [2.75, 3.05) is 33.0 Å². The molecule has 25 heteroatoms. The van der Waals surface area contributed by atoms with Gasteiger partial charge in [-0.05, 0) is 0 Å². The molecule has 3 fully saturated rings. The van der Waals surface area contributed by atoms with E-state index in [1.165, 1.54) is 0 Å². The van der Waals surface area contributed by atoms with Crippen LogP contribution in [0.4, 0.5) is 0 Å². The number of carboxylic acid groups (broad SMARTS) is 1. The molecule has 0 aromatic carbocycles. The highest BCUT2D eigenvalue weighted by Crippen LogP contribution is 2.36. The summed E-state index contributed by atoms with van der Waals surface area (Å²) in [5, 5.41) is 166. The van der Waals surface area contributed by atoms with Crippen LogP contribution in [0.25, 0.3) is 0 Å². The highest BCUT2D eigenvalue weighted by atomic mass is 16.8. The number of carboxylic acids is 1. The van der Waals surface area contributed by atoms with Gasteiger partial charge in [0, 0.05) is 13.3 Å². The molecule has 0 unspecified atom stereocenters. The van der Waals surface area contributed by atoms with E-state index in [9.17, 15) is 91.3 Å². The molecular formula is C29H51NO24. The number of ether oxygens (including phenoxy) is 6. The summed E-state index contributed by atoms with van der Waals surface area (Å²) in [4.78, 5) is 24.3. The fourth-order valence-electron chi connectivity index (χ4n) is 6.13. The molecule has 25 nitrogen and oxygen atoms in total. The summed E-state index contributed by atoms with van der Waals surface area (Å²) < 4.78 is 32.7. The van der Waals surface area contributed by atoms with Crippen LogP contribution in [0.15, 0.2) is 0 Å². The molecule has 0 aromatic rings. The Morgan fingerprint density at radius 1 is 0.778 bits per heavy atom. The summed E-state index contributed by atoms with van der Waals surface area (Å²) in [6.45, 7) is -4.22. The predicted octanol–water partition coefficient (Wildman–Crippen LogP) is -10.8. The predicted molar refractivity (Wildman–Crippen MR) is 165 cm³/mol. The molecule has 0 saturated carbocycles. The number of aliphatic hydroxyl groups excluding tert-OH is 15. The first kappa shape index (κ1) is 46.5. The molecular weight excluding hydrogens is 746 g/mol. The minimum atomic E-state index is -2.93. The van der Waals surface area contributed by atoms with E-state index in [2.05, 4.69) is 5.32 Å². The zero-order valence-corrected chi connectivity index (χ0v) is 28.6. The van der Waals surface area contributed by atoms with Crippen LogP contribution in [0.1, 0.15) is 13.3 Å². The van der Waals surface area contributed by atoms with Crippen molar-refractivity contribution in [1.29, 1.82) is 0 Å².